The number of esters is 1. The molecular formula is C18H26ClFN7O5PS. The van der Waals surface area contributed by atoms with E-state index < -0.39 is 36.3 Å². The van der Waals surface area contributed by atoms with Gasteiger partial charge in [0.25, 0.3) is 12.5 Å². The molecule has 0 aliphatic carbocycles. The van der Waals surface area contributed by atoms with Crippen molar-refractivity contribution in [3.63, 3.8) is 0 Å². The lowest BCUT2D eigenvalue weighted by molar-refractivity contribution is -0.211. The number of nitrogens with one attached hydrogen (secondary N) is 2. The van der Waals surface area contributed by atoms with Crippen molar-refractivity contribution in [3.8, 4) is 0 Å². The Morgan fingerprint density at radius 1 is 1.50 bits per heavy atom. The Balaban J connectivity index is 1.61. The number of nitrogen functional groups attached to an aromatic ring is 1. The van der Waals surface area contributed by atoms with E-state index in [4.69, 9.17) is 47.7 Å². The first-order valence-corrected chi connectivity index (χ1v) is 13.7. The maximum atomic E-state index is 16.4. The SMILES string of the molecule is CNc1nc(N)nc2c1ncn2[C@H]1C[C@]2(F)OP(=S)(N[C@@H](C)C(=O)OC(C)C)OC[C@@]2(CCl)O1. The van der Waals surface area contributed by atoms with E-state index in [9.17, 15) is 4.79 Å². The molecule has 34 heavy (non-hydrogen) atoms. The van der Waals surface area contributed by atoms with Gasteiger partial charge in [-0.2, -0.15) is 9.97 Å². The van der Waals surface area contributed by atoms with Crippen molar-refractivity contribution in [1.82, 2.24) is 24.6 Å². The summed E-state index contributed by atoms with van der Waals surface area (Å²) in [6.07, 6.45) is -0.0538. The molecule has 2 aromatic rings. The van der Waals surface area contributed by atoms with Gasteiger partial charge in [-0.15, -0.1) is 11.6 Å². The molecule has 12 nitrogen and oxygen atoms in total. The van der Waals surface area contributed by atoms with Crippen LogP contribution in [0.3, 0.4) is 0 Å². The molecule has 4 rings (SSSR count). The summed E-state index contributed by atoms with van der Waals surface area (Å²) in [5.74, 6) is -2.82. The molecule has 2 aliphatic heterocycles. The van der Waals surface area contributed by atoms with Crippen molar-refractivity contribution in [1.29, 1.82) is 0 Å². The van der Waals surface area contributed by atoms with E-state index in [0.717, 1.165) is 0 Å². The van der Waals surface area contributed by atoms with E-state index in [1.807, 2.05) is 0 Å². The smallest absolute Gasteiger partial charge is 0.323 e. The Labute approximate surface area is 205 Å². The third-order valence-electron chi connectivity index (χ3n) is 5.47. The monoisotopic (exact) mass is 537 g/mol. The summed E-state index contributed by atoms with van der Waals surface area (Å²) in [6.45, 7) is 1.25. The van der Waals surface area contributed by atoms with Crippen LogP contribution in [-0.2, 0) is 35.1 Å². The Kier molecular flexibility index (Phi) is 6.79. The van der Waals surface area contributed by atoms with Crippen LogP contribution in [0.5, 0.6) is 0 Å². The molecule has 4 N–H and O–H groups in total. The van der Waals surface area contributed by atoms with Crippen LogP contribution >= 0.6 is 18.2 Å². The first-order valence-electron chi connectivity index (χ1n) is 10.5. The molecule has 16 heteroatoms. The molecule has 188 valence electrons. The highest BCUT2D eigenvalue weighted by atomic mass is 35.5. The van der Waals surface area contributed by atoms with E-state index in [2.05, 4.69) is 25.4 Å². The van der Waals surface area contributed by atoms with Crippen LogP contribution in [0.15, 0.2) is 6.33 Å². The topological polar surface area (TPSA) is 148 Å². The maximum Gasteiger partial charge on any atom is 0.323 e. The van der Waals surface area contributed by atoms with Crippen LogP contribution in [0.1, 0.15) is 33.4 Å². The van der Waals surface area contributed by atoms with Gasteiger partial charge in [0.2, 0.25) is 5.95 Å². The first-order chi connectivity index (χ1) is 15.9. The van der Waals surface area contributed by atoms with Crippen LogP contribution < -0.4 is 16.1 Å². The van der Waals surface area contributed by atoms with Crippen molar-refractivity contribution >= 4 is 58.9 Å². The van der Waals surface area contributed by atoms with E-state index in [-0.39, 0.29) is 31.0 Å². The minimum Gasteiger partial charge on any atom is -0.462 e. The van der Waals surface area contributed by atoms with Crippen molar-refractivity contribution in [2.75, 3.05) is 30.6 Å². The first kappa shape index (κ1) is 25.4. The number of fused-ring (bicyclic) bond motifs is 2. The lowest BCUT2D eigenvalue weighted by atomic mass is 9.97. The number of hydrogen-bond acceptors (Lipinski definition) is 11. The van der Waals surface area contributed by atoms with Crippen LogP contribution in [0.2, 0.25) is 0 Å². The molecule has 1 unspecified atom stereocenters. The lowest BCUT2D eigenvalue weighted by Gasteiger charge is -2.45. The lowest BCUT2D eigenvalue weighted by Crippen LogP contribution is -2.58. The van der Waals surface area contributed by atoms with Gasteiger partial charge in [-0.05, 0) is 32.6 Å². The van der Waals surface area contributed by atoms with E-state index >= 15 is 4.39 Å². The van der Waals surface area contributed by atoms with Gasteiger partial charge in [0.15, 0.2) is 22.6 Å². The molecule has 2 fully saturated rings. The number of rotatable bonds is 7. The van der Waals surface area contributed by atoms with Crippen LogP contribution in [-0.4, -0.2) is 68.6 Å². The second kappa shape index (κ2) is 9.08. The van der Waals surface area contributed by atoms with Gasteiger partial charge in [0.1, 0.15) is 12.3 Å². The van der Waals surface area contributed by atoms with E-state index in [1.54, 1.807) is 20.9 Å². The third kappa shape index (κ3) is 4.36. The number of nitrogens with two attached hydrogens (primary N) is 1. The molecule has 0 bridgehead atoms. The van der Waals surface area contributed by atoms with E-state index in [0.29, 0.717) is 17.0 Å². The summed E-state index contributed by atoms with van der Waals surface area (Å²) >= 11 is 11.6. The summed E-state index contributed by atoms with van der Waals surface area (Å²) in [7, 11) is 1.67. The highest BCUT2D eigenvalue weighted by Gasteiger charge is 2.67. The van der Waals surface area contributed by atoms with Gasteiger partial charge in [-0.1, -0.05) is 0 Å². The standard InChI is InChI=1S/C18H26ClFN7O5PS/c1-9(2)30-15(28)10(3)26-33(34)29-7-17(6-19)18(20,32-33)5-11(31-17)27-8-23-12-13(22-4)24-16(21)25-14(12)27/h8-11H,5-7H2,1-4H3,(H,26,34)(H3,21,22,24,25)/t10-,11+,17+,18-,33?/m0/s1. The zero-order chi connectivity index (χ0) is 24.9. The van der Waals surface area contributed by atoms with Crippen molar-refractivity contribution in [3.05, 3.63) is 6.33 Å². The molecule has 2 saturated heterocycles. The average molecular weight is 538 g/mol. The molecule has 2 aromatic heterocycles. The summed E-state index contributed by atoms with van der Waals surface area (Å²) in [5.41, 5.74) is 4.95. The molecule has 0 aromatic carbocycles. The molecule has 0 spiro atoms. The molecule has 0 radical (unpaired) electrons. The van der Waals surface area contributed by atoms with Crippen molar-refractivity contribution < 1.29 is 27.7 Å². The zero-order valence-corrected chi connectivity index (χ0v) is 21.4. The van der Waals surface area contributed by atoms with Gasteiger partial charge < -0.3 is 25.0 Å². The highest BCUT2D eigenvalue weighted by Crippen LogP contribution is 2.63. The highest BCUT2D eigenvalue weighted by molar-refractivity contribution is 8.09. The van der Waals surface area contributed by atoms with Gasteiger partial charge in [0.05, 0.1) is 31.3 Å². The largest absolute Gasteiger partial charge is 0.462 e. The summed E-state index contributed by atoms with van der Waals surface area (Å²) in [6, 6.07) is -0.879. The number of halogens is 2. The second-order valence-corrected chi connectivity index (χ2v) is 11.7. The van der Waals surface area contributed by atoms with E-state index in [1.165, 1.54) is 17.8 Å². The molecule has 0 amide bonds. The number of ether oxygens (including phenoxy) is 2. The van der Waals surface area contributed by atoms with Crippen LogP contribution in [0, 0.1) is 0 Å². The van der Waals surface area contributed by atoms with Crippen molar-refractivity contribution in [2.45, 2.75) is 57.0 Å². The number of carbonyl (C=O) groups is 1. The number of carbonyl (C=O) groups excluding carboxylic acids is 1. The molecule has 2 aliphatic rings. The number of anilines is 2. The number of nitrogens with zero attached hydrogens (tertiary/aromatic N) is 4. The Bertz CT molecular complexity index is 1160. The molecule has 4 heterocycles. The zero-order valence-electron chi connectivity index (χ0n) is 18.9. The fraction of sp³-hybridized carbons (Fsp3) is 0.667. The maximum absolute atomic E-state index is 16.4. The van der Waals surface area contributed by atoms with Crippen LogP contribution in [0.25, 0.3) is 11.2 Å². The summed E-state index contributed by atoms with van der Waals surface area (Å²) in [4.78, 5) is 24.8. The number of hydrogen-bond donors (Lipinski definition) is 3. The van der Waals surface area contributed by atoms with Gasteiger partial charge in [-0.25, -0.2) is 14.5 Å². The minimum absolute atomic E-state index is 0.0117. The fourth-order valence-corrected chi connectivity index (χ4v) is 6.89. The number of alkyl halides is 2. The third-order valence-corrected chi connectivity index (χ3v) is 8.46. The molecular weight excluding hydrogens is 512 g/mol. The predicted molar refractivity (Wildman–Crippen MR) is 126 cm³/mol. The van der Waals surface area contributed by atoms with Gasteiger partial charge >= 0.3 is 5.97 Å². The Morgan fingerprint density at radius 3 is 2.88 bits per heavy atom. The Morgan fingerprint density at radius 2 is 2.24 bits per heavy atom. The number of aromatic nitrogens is 4. The van der Waals surface area contributed by atoms with Crippen LogP contribution in [0.4, 0.5) is 16.2 Å². The minimum atomic E-state index is -3.44. The summed E-state index contributed by atoms with van der Waals surface area (Å²) in [5, 5.41) is 5.68. The second-order valence-electron chi connectivity index (χ2n) is 8.34. The fourth-order valence-electron chi connectivity index (χ4n) is 3.80. The predicted octanol–water partition coefficient (Wildman–Crippen LogP) is 2.21. The molecule has 0 saturated carbocycles. The van der Waals surface area contributed by atoms with Gasteiger partial charge in [0, 0.05) is 7.05 Å². The quantitative estimate of drug-likeness (QED) is 0.270. The summed E-state index contributed by atoms with van der Waals surface area (Å²) < 4.78 is 40.6. The van der Waals surface area contributed by atoms with Crippen molar-refractivity contribution in [2.24, 2.45) is 0 Å². The normalized spacial score (nSPS) is 32.0. The average Bonchev–Trinajstić information content (AvgIpc) is 3.30. The molecule has 5 atom stereocenters. The Hall–Kier alpha value is -1.67. The van der Waals surface area contributed by atoms with Gasteiger partial charge in [-0.3, -0.25) is 13.9 Å². The number of imidazole rings is 1.